The minimum atomic E-state index is -3.62. The number of carbonyl (C=O) groups excluding carboxylic acids is 1. The van der Waals surface area contributed by atoms with E-state index in [1.54, 1.807) is 36.5 Å². The SMILES string of the molecule is Cc1ccc(NC(=O)CN2CCN(Cc3ccsc3)CC2)cc1S(=O)(=O)N1CCOCC1. The van der Waals surface area contributed by atoms with Crippen LogP contribution >= 0.6 is 11.3 Å². The molecule has 0 aliphatic carbocycles. The Labute approximate surface area is 193 Å². The van der Waals surface area contributed by atoms with Gasteiger partial charge in [0.15, 0.2) is 0 Å². The van der Waals surface area contributed by atoms with Gasteiger partial charge >= 0.3 is 0 Å². The molecule has 1 aromatic carbocycles. The van der Waals surface area contributed by atoms with Crippen molar-refractivity contribution in [2.45, 2.75) is 18.4 Å². The maximum atomic E-state index is 13.1. The molecule has 0 radical (unpaired) electrons. The van der Waals surface area contributed by atoms with Crippen LogP contribution in [0.3, 0.4) is 0 Å². The summed E-state index contributed by atoms with van der Waals surface area (Å²) in [5.74, 6) is -0.130. The van der Waals surface area contributed by atoms with Gasteiger partial charge in [-0.1, -0.05) is 6.07 Å². The minimum Gasteiger partial charge on any atom is -0.379 e. The van der Waals surface area contributed by atoms with E-state index >= 15 is 0 Å². The summed E-state index contributed by atoms with van der Waals surface area (Å²) in [6.07, 6.45) is 0. The van der Waals surface area contributed by atoms with Gasteiger partial charge in [-0.3, -0.25) is 14.6 Å². The largest absolute Gasteiger partial charge is 0.379 e. The fourth-order valence-corrected chi connectivity index (χ4v) is 6.35. The van der Waals surface area contributed by atoms with Crippen molar-refractivity contribution in [3.8, 4) is 0 Å². The molecule has 0 unspecified atom stereocenters. The summed E-state index contributed by atoms with van der Waals surface area (Å²) in [5.41, 5.74) is 2.50. The van der Waals surface area contributed by atoms with Crippen molar-refractivity contribution in [2.24, 2.45) is 0 Å². The third-order valence-electron chi connectivity index (χ3n) is 5.88. The van der Waals surface area contributed by atoms with E-state index in [4.69, 9.17) is 4.74 Å². The van der Waals surface area contributed by atoms with Gasteiger partial charge in [-0.15, -0.1) is 0 Å². The van der Waals surface area contributed by atoms with Gasteiger partial charge in [-0.2, -0.15) is 15.6 Å². The zero-order chi connectivity index (χ0) is 22.6. The monoisotopic (exact) mass is 478 g/mol. The predicted molar refractivity (Wildman–Crippen MR) is 125 cm³/mol. The number of carbonyl (C=O) groups is 1. The standard InChI is InChI=1S/C22H30N4O4S2/c1-18-2-3-20(14-21(18)32(28,29)26-9-11-30-12-10-26)23-22(27)16-25-7-5-24(6-8-25)15-19-4-13-31-17-19/h2-4,13-14,17H,5-12,15-16H2,1H3,(H,23,27). The van der Waals surface area contributed by atoms with E-state index in [1.165, 1.54) is 9.87 Å². The molecule has 0 bridgehead atoms. The molecule has 2 fully saturated rings. The normalized spacial score (nSPS) is 19.2. The van der Waals surface area contributed by atoms with Crippen LogP contribution in [0.1, 0.15) is 11.1 Å². The van der Waals surface area contributed by atoms with Crippen molar-refractivity contribution in [3.63, 3.8) is 0 Å². The third kappa shape index (κ3) is 5.75. The third-order valence-corrected chi connectivity index (χ3v) is 8.65. The number of hydrogen-bond donors (Lipinski definition) is 1. The number of sulfonamides is 1. The van der Waals surface area contributed by atoms with Crippen LogP contribution in [0.5, 0.6) is 0 Å². The highest BCUT2D eigenvalue weighted by Crippen LogP contribution is 2.24. The van der Waals surface area contributed by atoms with Gasteiger partial charge in [0, 0.05) is 51.5 Å². The van der Waals surface area contributed by atoms with Gasteiger partial charge in [-0.25, -0.2) is 8.42 Å². The zero-order valence-corrected chi connectivity index (χ0v) is 20.0. The first-order valence-electron chi connectivity index (χ1n) is 10.9. The second-order valence-corrected chi connectivity index (χ2v) is 10.9. The van der Waals surface area contributed by atoms with Crippen molar-refractivity contribution >= 4 is 33.0 Å². The van der Waals surface area contributed by atoms with Crippen molar-refractivity contribution in [2.75, 3.05) is 64.3 Å². The molecular formula is C22H30N4O4S2. The van der Waals surface area contributed by atoms with Gasteiger partial charge in [0.1, 0.15) is 0 Å². The fraction of sp³-hybridized carbons (Fsp3) is 0.500. The minimum absolute atomic E-state index is 0.130. The lowest BCUT2D eigenvalue weighted by molar-refractivity contribution is -0.117. The van der Waals surface area contributed by atoms with Crippen LogP contribution < -0.4 is 5.32 Å². The van der Waals surface area contributed by atoms with Gasteiger partial charge in [-0.05, 0) is 47.0 Å². The molecule has 2 aliphatic heterocycles. The number of piperazine rings is 1. The molecule has 1 N–H and O–H groups in total. The zero-order valence-electron chi connectivity index (χ0n) is 18.3. The van der Waals surface area contributed by atoms with Gasteiger partial charge < -0.3 is 10.1 Å². The Hall–Kier alpha value is -1.82. The van der Waals surface area contributed by atoms with Crippen LogP contribution in [-0.4, -0.2) is 87.5 Å². The molecule has 0 atom stereocenters. The first-order chi connectivity index (χ1) is 15.4. The number of hydrogen-bond acceptors (Lipinski definition) is 7. The number of nitrogens with one attached hydrogen (secondary N) is 1. The number of benzene rings is 1. The smallest absolute Gasteiger partial charge is 0.243 e. The van der Waals surface area contributed by atoms with Crippen LogP contribution in [0, 0.1) is 6.92 Å². The number of nitrogens with zero attached hydrogens (tertiary/aromatic N) is 3. The molecule has 2 saturated heterocycles. The van der Waals surface area contributed by atoms with Crippen molar-refractivity contribution in [1.82, 2.24) is 14.1 Å². The molecule has 0 spiro atoms. The number of rotatable bonds is 7. The molecule has 2 aromatic rings. The second-order valence-electron chi connectivity index (χ2n) is 8.23. The van der Waals surface area contributed by atoms with Crippen LogP contribution in [0.2, 0.25) is 0 Å². The predicted octanol–water partition coefficient (Wildman–Crippen LogP) is 1.83. The molecule has 2 aliphatic rings. The Morgan fingerprint density at radius 1 is 1.06 bits per heavy atom. The van der Waals surface area contributed by atoms with E-state index in [1.807, 2.05) is 0 Å². The van der Waals surface area contributed by atoms with E-state index < -0.39 is 10.0 Å². The first kappa shape index (κ1) is 23.3. The number of ether oxygens (including phenoxy) is 1. The van der Waals surface area contributed by atoms with E-state index in [0.717, 1.165) is 32.7 Å². The molecule has 1 aromatic heterocycles. The van der Waals surface area contributed by atoms with Crippen molar-refractivity contribution < 1.29 is 17.9 Å². The first-order valence-corrected chi connectivity index (χ1v) is 13.2. The Morgan fingerprint density at radius 2 is 1.78 bits per heavy atom. The highest BCUT2D eigenvalue weighted by Gasteiger charge is 2.28. The Morgan fingerprint density at radius 3 is 2.47 bits per heavy atom. The average Bonchev–Trinajstić information content (AvgIpc) is 3.30. The summed E-state index contributed by atoms with van der Waals surface area (Å²) in [6.45, 7) is 8.03. The van der Waals surface area contributed by atoms with E-state index in [-0.39, 0.29) is 10.8 Å². The van der Waals surface area contributed by atoms with E-state index in [9.17, 15) is 13.2 Å². The summed E-state index contributed by atoms with van der Waals surface area (Å²) in [7, 11) is -3.62. The number of aryl methyl sites for hydroxylation is 1. The summed E-state index contributed by atoms with van der Waals surface area (Å²) in [6, 6.07) is 7.22. The summed E-state index contributed by atoms with van der Waals surface area (Å²) < 4.78 is 32.8. The topological polar surface area (TPSA) is 82.2 Å². The number of anilines is 1. The van der Waals surface area contributed by atoms with E-state index in [0.29, 0.717) is 44.1 Å². The van der Waals surface area contributed by atoms with Crippen LogP contribution in [0.4, 0.5) is 5.69 Å². The Balaban J connectivity index is 1.32. The lowest BCUT2D eigenvalue weighted by atomic mass is 10.2. The molecule has 32 heavy (non-hydrogen) atoms. The molecule has 1 amide bonds. The molecule has 10 heteroatoms. The van der Waals surface area contributed by atoms with Crippen LogP contribution in [0.15, 0.2) is 39.9 Å². The Kier molecular flexibility index (Phi) is 7.59. The average molecular weight is 479 g/mol. The molecular weight excluding hydrogens is 448 g/mol. The number of thiophene rings is 1. The van der Waals surface area contributed by atoms with Crippen LogP contribution in [0.25, 0.3) is 0 Å². The highest BCUT2D eigenvalue weighted by atomic mass is 32.2. The molecule has 4 rings (SSSR count). The maximum Gasteiger partial charge on any atom is 0.243 e. The fourth-order valence-electron chi connectivity index (χ4n) is 4.03. The lowest BCUT2D eigenvalue weighted by Gasteiger charge is -2.34. The maximum absolute atomic E-state index is 13.1. The van der Waals surface area contributed by atoms with Gasteiger partial charge in [0.05, 0.1) is 24.7 Å². The Bertz CT molecular complexity index is 1010. The lowest BCUT2D eigenvalue weighted by Crippen LogP contribution is -2.48. The molecule has 3 heterocycles. The quantitative estimate of drug-likeness (QED) is 0.654. The summed E-state index contributed by atoms with van der Waals surface area (Å²) >= 11 is 1.71. The van der Waals surface area contributed by atoms with Gasteiger partial charge in [0.2, 0.25) is 15.9 Å². The molecule has 174 valence electrons. The number of morpholine rings is 1. The van der Waals surface area contributed by atoms with Crippen molar-refractivity contribution in [3.05, 3.63) is 46.2 Å². The second kappa shape index (κ2) is 10.4. The number of amides is 1. The highest BCUT2D eigenvalue weighted by molar-refractivity contribution is 7.89. The summed E-state index contributed by atoms with van der Waals surface area (Å²) in [4.78, 5) is 17.4. The molecule has 8 nitrogen and oxygen atoms in total. The van der Waals surface area contributed by atoms with Gasteiger partial charge in [0.25, 0.3) is 0 Å². The van der Waals surface area contributed by atoms with Crippen LogP contribution in [-0.2, 0) is 26.1 Å². The summed E-state index contributed by atoms with van der Waals surface area (Å²) in [5, 5.41) is 7.15. The molecule has 0 saturated carbocycles. The van der Waals surface area contributed by atoms with Crippen molar-refractivity contribution in [1.29, 1.82) is 0 Å². The van der Waals surface area contributed by atoms with E-state index in [2.05, 4.69) is 31.9 Å².